The van der Waals surface area contributed by atoms with Crippen molar-refractivity contribution in [2.75, 3.05) is 6.61 Å². The molecule has 0 aliphatic heterocycles. The van der Waals surface area contributed by atoms with E-state index in [1.165, 1.54) is 25.1 Å². The molecule has 3 rings (SSSR count). The van der Waals surface area contributed by atoms with Crippen LogP contribution in [0.3, 0.4) is 0 Å². The molecule has 0 unspecified atom stereocenters. The molecule has 27 heavy (non-hydrogen) atoms. The second-order valence-corrected chi connectivity index (χ2v) is 5.80. The van der Waals surface area contributed by atoms with Gasteiger partial charge in [-0.3, -0.25) is 9.59 Å². The number of Topliss-reactive ketones (excluding diaryl/α,β-unsaturated/α-hetero) is 2. The van der Waals surface area contributed by atoms with Gasteiger partial charge in [-0.25, -0.2) is 9.18 Å². The number of halogens is 1. The maximum atomic E-state index is 12.9. The first-order chi connectivity index (χ1) is 12.9. The Hall–Kier alpha value is -3.54. The molecule has 0 aliphatic carbocycles. The van der Waals surface area contributed by atoms with Crippen molar-refractivity contribution in [2.45, 2.75) is 6.92 Å². The van der Waals surface area contributed by atoms with Crippen molar-refractivity contribution in [3.8, 4) is 11.3 Å². The molecule has 6 heteroatoms. The summed E-state index contributed by atoms with van der Waals surface area (Å²) in [7, 11) is 0. The van der Waals surface area contributed by atoms with Gasteiger partial charge in [0.05, 0.1) is 0 Å². The zero-order chi connectivity index (χ0) is 19.4. The van der Waals surface area contributed by atoms with Crippen molar-refractivity contribution in [1.82, 2.24) is 0 Å². The normalized spacial score (nSPS) is 10.4. The molecule has 2 aromatic carbocycles. The van der Waals surface area contributed by atoms with Crippen LogP contribution < -0.4 is 0 Å². The van der Waals surface area contributed by atoms with Gasteiger partial charge in [-0.2, -0.15) is 0 Å². The van der Waals surface area contributed by atoms with Crippen LogP contribution in [-0.4, -0.2) is 24.1 Å². The van der Waals surface area contributed by atoms with E-state index in [0.717, 1.165) is 12.1 Å². The molecule has 0 aliphatic rings. The fourth-order valence-electron chi connectivity index (χ4n) is 2.39. The number of ether oxygens (including phenoxy) is 1. The largest absolute Gasteiger partial charge is 0.451 e. The van der Waals surface area contributed by atoms with Gasteiger partial charge in [0.1, 0.15) is 11.6 Å². The fourth-order valence-corrected chi connectivity index (χ4v) is 2.39. The van der Waals surface area contributed by atoms with E-state index in [2.05, 4.69) is 0 Å². The molecule has 0 saturated carbocycles. The number of esters is 1. The van der Waals surface area contributed by atoms with Crippen LogP contribution in [-0.2, 0) is 4.74 Å². The number of hydrogen-bond donors (Lipinski definition) is 0. The average Bonchev–Trinajstić information content (AvgIpc) is 3.17. The Kier molecular flexibility index (Phi) is 5.26. The van der Waals surface area contributed by atoms with Gasteiger partial charge in [-0.1, -0.05) is 24.3 Å². The van der Waals surface area contributed by atoms with Crippen LogP contribution in [0.25, 0.3) is 11.3 Å². The highest BCUT2D eigenvalue weighted by atomic mass is 19.1. The third kappa shape index (κ3) is 4.36. The van der Waals surface area contributed by atoms with Gasteiger partial charge in [-0.05, 0) is 43.3 Å². The number of benzene rings is 2. The molecule has 0 spiro atoms. The zero-order valence-electron chi connectivity index (χ0n) is 14.4. The lowest BCUT2D eigenvalue weighted by Gasteiger charge is -2.03. The third-order valence-corrected chi connectivity index (χ3v) is 3.88. The standard InChI is InChI=1S/C21H15FO5/c1-13(23)14-2-4-16(5-3-14)19-10-11-20(27-19)21(25)26-12-18(24)15-6-8-17(22)9-7-15/h2-11H,12H2,1H3. The number of furan rings is 1. The Morgan fingerprint density at radius 3 is 2.15 bits per heavy atom. The maximum Gasteiger partial charge on any atom is 0.374 e. The lowest BCUT2D eigenvalue weighted by atomic mass is 10.1. The molecule has 0 fully saturated rings. The molecule has 136 valence electrons. The fraction of sp³-hybridized carbons (Fsp3) is 0.0952. The first-order valence-corrected chi connectivity index (χ1v) is 8.11. The van der Waals surface area contributed by atoms with Crippen molar-refractivity contribution in [2.24, 2.45) is 0 Å². The van der Waals surface area contributed by atoms with Gasteiger partial charge in [0.15, 0.2) is 18.2 Å². The lowest BCUT2D eigenvalue weighted by molar-refractivity contribution is 0.0445. The summed E-state index contributed by atoms with van der Waals surface area (Å²) >= 11 is 0. The Bertz CT molecular complexity index is 984. The second kappa shape index (κ2) is 7.78. The van der Waals surface area contributed by atoms with E-state index in [1.54, 1.807) is 30.3 Å². The van der Waals surface area contributed by atoms with Gasteiger partial charge >= 0.3 is 5.97 Å². The quantitative estimate of drug-likeness (QED) is 0.480. The van der Waals surface area contributed by atoms with E-state index in [4.69, 9.17) is 9.15 Å². The van der Waals surface area contributed by atoms with Crippen LogP contribution in [0.5, 0.6) is 0 Å². The van der Waals surface area contributed by atoms with Gasteiger partial charge in [0.2, 0.25) is 5.76 Å². The number of ketones is 2. The van der Waals surface area contributed by atoms with Crippen molar-refractivity contribution < 1.29 is 27.9 Å². The minimum Gasteiger partial charge on any atom is -0.451 e. The highest BCUT2D eigenvalue weighted by molar-refractivity contribution is 5.99. The molecular formula is C21H15FO5. The first-order valence-electron chi connectivity index (χ1n) is 8.11. The summed E-state index contributed by atoms with van der Waals surface area (Å²) in [5, 5.41) is 0. The van der Waals surface area contributed by atoms with Crippen LogP contribution >= 0.6 is 0 Å². The molecule has 0 atom stereocenters. The Labute approximate surface area is 154 Å². The number of hydrogen-bond acceptors (Lipinski definition) is 5. The minimum atomic E-state index is -0.780. The summed E-state index contributed by atoms with van der Waals surface area (Å²) in [5.41, 5.74) is 1.51. The number of rotatable bonds is 6. The van der Waals surface area contributed by atoms with Gasteiger partial charge in [-0.15, -0.1) is 0 Å². The average molecular weight is 366 g/mol. The van der Waals surface area contributed by atoms with Gasteiger partial charge < -0.3 is 9.15 Å². The van der Waals surface area contributed by atoms with E-state index < -0.39 is 24.2 Å². The molecule has 5 nitrogen and oxygen atoms in total. The topological polar surface area (TPSA) is 73.6 Å². The zero-order valence-corrected chi connectivity index (χ0v) is 14.4. The van der Waals surface area contributed by atoms with Crippen molar-refractivity contribution >= 4 is 17.5 Å². The van der Waals surface area contributed by atoms with Crippen LogP contribution in [0.1, 0.15) is 38.2 Å². The van der Waals surface area contributed by atoms with Crippen molar-refractivity contribution in [3.05, 3.63) is 83.4 Å². The summed E-state index contributed by atoms with van der Waals surface area (Å²) in [6, 6.07) is 14.8. The highest BCUT2D eigenvalue weighted by Gasteiger charge is 2.16. The second-order valence-electron chi connectivity index (χ2n) is 5.80. The van der Waals surface area contributed by atoms with E-state index in [1.807, 2.05) is 0 Å². The maximum absolute atomic E-state index is 12.9. The molecule has 1 heterocycles. The van der Waals surface area contributed by atoms with Crippen molar-refractivity contribution in [3.63, 3.8) is 0 Å². The van der Waals surface area contributed by atoms with Gasteiger partial charge in [0.25, 0.3) is 0 Å². The van der Waals surface area contributed by atoms with Crippen LogP contribution in [0.15, 0.2) is 65.1 Å². The molecule has 3 aromatic rings. The monoisotopic (exact) mass is 366 g/mol. The first kappa shape index (κ1) is 18.3. The van der Waals surface area contributed by atoms with Gasteiger partial charge in [0, 0.05) is 16.7 Å². The number of carbonyl (C=O) groups is 3. The van der Waals surface area contributed by atoms with E-state index >= 15 is 0 Å². The summed E-state index contributed by atoms with van der Waals surface area (Å²) in [5.74, 6) is -1.35. The third-order valence-electron chi connectivity index (χ3n) is 3.88. The minimum absolute atomic E-state index is 0.0453. The summed E-state index contributed by atoms with van der Waals surface area (Å²) in [4.78, 5) is 35.3. The van der Waals surface area contributed by atoms with E-state index in [0.29, 0.717) is 16.9 Å². The molecule has 1 aromatic heterocycles. The molecule has 0 radical (unpaired) electrons. The molecule has 0 saturated heterocycles. The van der Waals surface area contributed by atoms with E-state index in [-0.39, 0.29) is 17.1 Å². The van der Waals surface area contributed by atoms with Crippen LogP contribution in [0.4, 0.5) is 4.39 Å². The molecule has 0 amide bonds. The SMILES string of the molecule is CC(=O)c1ccc(-c2ccc(C(=O)OCC(=O)c3ccc(F)cc3)o2)cc1. The summed E-state index contributed by atoms with van der Waals surface area (Å²) < 4.78 is 23.3. The Morgan fingerprint density at radius 2 is 1.52 bits per heavy atom. The molecule has 0 bridgehead atoms. The lowest BCUT2D eigenvalue weighted by Crippen LogP contribution is -2.13. The predicted molar refractivity (Wildman–Crippen MR) is 95.2 cm³/mol. The van der Waals surface area contributed by atoms with Crippen molar-refractivity contribution in [1.29, 1.82) is 0 Å². The molecule has 0 N–H and O–H groups in total. The smallest absolute Gasteiger partial charge is 0.374 e. The predicted octanol–water partition coefficient (Wildman–Crippen LogP) is 4.33. The van der Waals surface area contributed by atoms with Crippen LogP contribution in [0, 0.1) is 5.82 Å². The van der Waals surface area contributed by atoms with E-state index in [9.17, 15) is 18.8 Å². The highest BCUT2D eigenvalue weighted by Crippen LogP contribution is 2.23. The van der Waals surface area contributed by atoms with Crippen LogP contribution in [0.2, 0.25) is 0 Å². The molecular weight excluding hydrogens is 351 g/mol. The summed E-state index contributed by atoms with van der Waals surface area (Å²) in [6.07, 6.45) is 0. The Balaban J connectivity index is 1.63. The summed E-state index contributed by atoms with van der Waals surface area (Å²) in [6.45, 7) is 0.997. The number of carbonyl (C=O) groups excluding carboxylic acids is 3. The Morgan fingerprint density at radius 1 is 0.889 bits per heavy atom.